The van der Waals surface area contributed by atoms with E-state index in [2.05, 4.69) is 0 Å². The van der Waals surface area contributed by atoms with E-state index in [-0.39, 0.29) is 15.7 Å². The Hall–Kier alpha value is -1.52. The van der Waals surface area contributed by atoms with Crippen molar-refractivity contribution in [2.24, 2.45) is 0 Å². The van der Waals surface area contributed by atoms with Crippen LogP contribution in [0.2, 0.25) is 0 Å². The van der Waals surface area contributed by atoms with Crippen molar-refractivity contribution >= 4 is 24.5 Å². The molecule has 21 heavy (non-hydrogen) atoms. The van der Waals surface area contributed by atoms with Crippen LogP contribution in [0.25, 0.3) is 0 Å². The molecule has 7 heteroatoms. The normalized spacial score (nSPS) is 21.7. The van der Waals surface area contributed by atoms with Crippen molar-refractivity contribution in [2.45, 2.75) is 6.54 Å². The molecule has 4 N–H and O–H groups in total. The van der Waals surface area contributed by atoms with E-state index in [9.17, 15) is 16.9 Å². The summed E-state index contributed by atoms with van der Waals surface area (Å²) in [6, 6.07) is 14.9. The summed E-state index contributed by atoms with van der Waals surface area (Å²) in [5.41, 5.74) is 0.819. The molecular weight excluding hydrogens is 389 g/mol. The molecule has 0 bridgehead atoms. The van der Waals surface area contributed by atoms with Crippen molar-refractivity contribution in [2.75, 3.05) is 0 Å². The molecule has 0 aliphatic carbocycles. The van der Waals surface area contributed by atoms with Crippen LogP contribution in [0, 0.1) is 3.57 Å². The van der Waals surface area contributed by atoms with Crippen LogP contribution >= 0.6 is 18.6 Å². The van der Waals surface area contributed by atoms with Crippen LogP contribution in [0.3, 0.4) is 0 Å². The maximum atomic E-state index is 13.1. The molecule has 0 spiro atoms. The molecule has 2 aromatic carbocycles. The van der Waals surface area contributed by atoms with Crippen molar-refractivity contribution in [3.63, 3.8) is 0 Å². The molecule has 112 valence electrons. The molecule has 6 nitrogen and oxygen atoms in total. The molecular formula is C14H15INO5+. The molecule has 1 aliphatic heterocycles. The van der Waals surface area contributed by atoms with Crippen molar-refractivity contribution < 1.29 is 23.2 Å². The third-order valence-corrected chi connectivity index (χ3v) is 10.1. The van der Waals surface area contributed by atoms with E-state index in [1.807, 2.05) is 6.07 Å². The predicted molar refractivity (Wildman–Crippen MR) is 81.4 cm³/mol. The Balaban J connectivity index is 2.02. The molecule has 0 amide bonds. The van der Waals surface area contributed by atoms with E-state index >= 15 is 0 Å². The van der Waals surface area contributed by atoms with Gasteiger partial charge < -0.3 is 0 Å². The van der Waals surface area contributed by atoms with Gasteiger partial charge in [0.25, 0.3) is 0 Å². The Morgan fingerprint density at radius 2 is 1.71 bits per heavy atom. The number of quaternary nitrogens is 1. The molecule has 3 rings (SSSR count). The maximum absolute atomic E-state index is 13.1. The van der Waals surface area contributed by atoms with E-state index in [1.54, 1.807) is 36.4 Å². The van der Waals surface area contributed by atoms with Crippen LogP contribution in [0.1, 0.15) is 11.1 Å². The summed E-state index contributed by atoms with van der Waals surface area (Å²) < 4.78 is 27.9. The van der Waals surface area contributed by atoms with Gasteiger partial charge in [-0.05, 0) is 0 Å². The molecule has 0 saturated carbocycles. The average Bonchev–Trinajstić information content (AvgIpc) is 2.69. The Bertz CT molecular complexity index is 704. The van der Waals surface area contributed by atoms with Gasteiger partial charge >= 0.3 is 124 Å². The number of nitrogens with one attached hydrogen (secondary N) is 1. The average molecular weight is 404 g/mol. The Morgan fingerprint density at radius 1 is 1.10 bits per heavy atom. The third kappa shape index (κ3) is 2.23. The minimum atomic E-state index is -6.13. The Labute approximate surface area is 123 Å². The summed E-state index contributed by atoms with van der Waals surface area (Å²) in [4.78, 5) is 9.75. The first-order valence-corrected chi connectivity index (χ1v) is 11.1. The van der Waals surface area contributed by atoms with E-state index in [4.69, 9.17) is 3.07 Å². The van der Waals surface area contributed by atoms with Gasteiger partial charge in [-0.2, -0.15) is 0 Å². The van der Waals surface area contributed by atoms with Crippen LogP contribution in [0.4, 0.5) is 0 Å². The van der Waals surface area contributed by atoms with Gasteiger partial charge in [0.05, 0.1) is 0 Å². The van der Waals surface area contributed by atoms with Crippen LogP contribution < -0.4 is 6.71 Å². The quantitative estimate of drug-likeness (QED) is 0.286. The van der Waals surface area contributed by atoms with Crippen molar-refractivity contribution in [3.05, 3.63) is 69.3 Å². The molecule has 0 radical (unpaired) electrons. The monoisotopic (exact) mass is 404 g/mol. The molecule has 1 aliphatic rings. The Kier molecular flexibility index (Phi) is 3.26. The molecule has 1 atom stereocenters. The first-order valence-electron chi connectivity index (χ1n) is 6.20. The summed E-state index contributed by atoms with van der Waals surface area (Å²) in [5, 5.41) is 10.3. The van der Waals surface area contributed by atoms with Gasteiger partial charge in [0.1, 0.15) is 0 Å². The van der Waals surface area contributed by atoms with Crippen LogP contribution in [0.5, 0.6) is 0 Å². The standard InChI is InChI=1S/C14H13INO5/c17-14-12-8-4-5-9-13(12)15(18,19,21-14)16(20)10-11-6-2-1-3-7-11/h1-9,18,20H,10H2/q-1/p+2. The second kappa shape index (κ2) is 4.75. The Morgan fingerprint density at radius 3 is 2.43 bits per heavy atom. The fourth-order valence-corrected chi connectivity index (χ4v) is 7.75. The van der Waals surface area contributed by atoms with E-state index in [0.29, 0.717) is 5.56 Å². The number of hydrogen-bond donors (Lipinski definition) is 3. The number of fused-ring (bicyclic) bond motifs is 1. The number of benzene rings is 2. The van der Waals surface area contributed by atoms with Crippen LogP contribution in [-0.4, -0.2) is 19.4 Å². The topological polar surface area (TPSA) is 98.6 Å². The number of halogens is 1. The van der Waals surface area contributed by atoms with Crippen molar-refractivity contribution in [1.29, 1.82) is 0 Å². The van der Waals surface area contributed by atoms with Gasteiger partial charge in [0, 0.05) is 0 Å². The fraction of sp³-hybridized carbons (Fsp3) is 0.0714. The number of hydroxylamine groups is 1. The summed E-state index contributed by atoms with van der Waals surface area (Å²) >= 11 is -6.13. The van der Waals surface area contributed by atoms with Gasteiger partial charge in [-0.1, -0.05) is 0 Å². The van der Waals surface area contributed by atoms with Crippen molar-refractivity contribution in [1.82, 2.24) is 0 Å². The predicted octanol–water partition coefficient (Wildman–Crippen LogP) is -0.198. The second-order valence-corrected chi connectivity index (χ2v) is 11.9. The molecule has 0 aromatic heterocycles. The van der Waals surface area contributed by atoms with E-state index in [0.717, 1.165) is 0 Å². The summed E-state index contributed by atoms with van der Waals surface area (Å²) in [6.45, 7) is -0.114. The second-order valence-electron chi connectivity index (χ2n) is 4.67. The van der Waals surface area contributed by atoms with Crippen LogP contribution in [0.15, 0.2) is 54.6 Å². The molecule has 1 heterocycles. The van der Waals surface area contributed by atoms with Gasteiger partial charge in [0.2, 0.25) is 0 Å². The minimum absolute atomic E-state index is 0.0473. The summed E-state index contributed by atoms with van der Waals surface area (Å²) in [7, 11) is 0. The van der Waals surface area contributed by atoms with Gasteiger partial charge in [-0.3, -0.25) is 0 Å². The number of hydrogen-bond acceptors (Lipinski definition) is 4. The first kappa shape index (κ1) is 14.4. The van der Waals surface area contributed by atoms with Crippen LogP contribution in [-0.2, 0) is 9.61 Å². The van der Waals surface area contributed by atoms with E-state index < -0.39 is 27.8 Å². The SMILES string of the molecule is [O-]I1(O)([NH+](O)Cc2ccccc2)OC(=[OH+])c2ccccc21. The molecule has 2 aromatic rings. The summed E-state index contributed by atoms with van der Waals surface area (Å²) in [6.07, 6.45) is 0. The van der Waals surface area contributed by atoms with Gasteiger partial charge in [-0.25, -0.2) is 0 Å². The number of rotatable bonds is 3. The number of carbonyl (C=O) groups excluding carboxylic acids is 1. The zero-order valence-electron chi connectivity index (χ0n) is 10.9. The van der Waals surface area contributed by atoms with Crippen molar-refractivity contribution in [3.8, 4) is 0 Å². The summed E-state index contributed by atoms with van der Waals surface area (Å²) in [5.74, 6) is -0.628. The first-order chi connectivity index (χ1) is 9.91. The van der Waals surface area contributed by atoms with Gasteiger partial charge in [-0.15, -0.1) is 0 Å². The zero-order valence-corrected chi connectivity index (χ0v) is 13.1. The molecule has 1 unspecified atom stereocenters. The molecule has 0 fully saturated rings. The third-order valence-electron chi connectivity index (χ3n) is 3.26. The van der Waals surface area contributed by atoms with E-state index in [1.165, 1.54) is 12.1 Å². The molecule has 0 saturated heterocycles. The van der Waals surface area contributed by atoms with Gasteiger partial charge in [0.15, 0.2) is 0 Å². The zero-order chi connectivity index (χ0) is 15.1. The fourth-order valence-electron chi connectivity index (χ4n) is 2.19.